The summed E-state index contributed by atoms with van der Waals surface area (Å²) < 4.78 is 0. The van der Waals surface area contributed by atoms with E-state index in [1.54, 1.807) is 0 Å². The zero-order chi connectivity index (χ0) is 19.2. The average molecular weight is 363 g/mol. The molecule has 1 heterocycles. The second-order valence-corrected chi connectivity index (χ2v) is 6.99. The summed E-state index contributed by atoms with van der Waals surface area (Å²) in [5.41, 5.74) is 7.11. The Kier molecular flexibility index (Phi) is 6.02. The molecule has 3 rings (SSSR count). The topological polar surface area (TPSA) is 41.5 Å². The minimum atomic E-state index is -0.0542. The predicted molar refractivity (Wildman–Crippen MR) is 118 cm³/mol. The van der Waals surface area contributed by atoms with Crippen LogP contribution < -0.4 is 5.32 Å². The molecule has 142 valence electrons. The van der Waals surface area contributed by atoms with E-state index >= 15 is 0 Å². The van der Waals surface area contributed by atoms with Gasteiger partial charge in [0.1, 0.15) is 0 Å². The van der Waals surface area contributed by atoms with Gasteiger partial charge in [0.2, 0.25) is 5.91 Å². The number of carbonyl (C=O) groups is 1. The van der Waals surface area contributed by atoms with Crippen LogP contribution in [0, 0.1) is 13.8 Å². The SMILES string of the molecule is CC(=O)Nc1ccc(CC(C2=CCC=CC=N2)c2cccc(C)c2C)cc1.[HH].[HH]. The molecule has 3 nitrogen and oxygen atoms in total. The van der Waals surface area contributed by atoms with Gasteiger partial charge in [0.25, 0.3) is 0 Å². The van der Waals surface area contributed by atoms with Crippen molar-refractivity contribution in [3.8, 4) is 0 Å². The van der Waals surface area contributed by atoms with Crippen molar-refractivity contribution in [2.24, 2.45) is 4.99 Å². The van der Waals surface area contributed by atoms with Crippen molar-refractivity contribution in [1.29, 1.82) is 0 Å². The van der Waals surface area contributed by atoms with Gasteiger partial charge in [-0.3, -0.25) is 9.79 Å². The summed E-state index contributed by atoms with van der Waals surface area (Å²) in [6, 6.07) is 14.6. The lowest BCUT2D eigenvalue weighted by Gasteiger charge is -2.22. The number of rotatable bonds is 5. The Labute approximate surface area is 164 Å². The summed E-state index contributed by atoms with van der Waals surface area (Å²) in [6.45, 7) is 5.87. The Morgan fingerprint density at radius 1 is 1.19 bits per heavy atom. The maximum Gasteiger partial charge on any atom is 0.221 e. The molecular formula is C24H30N2O. The molecule has 1 aliphatic rings. The molecule has 0 saturated heterocycles. The number of carbonyl (C=O) groups excluding carboxylic acids is 1. The van der Waals surface area contributed by atoms with Crippen LogP contribution in [-0.4, -0.2) is 12.1 Å². The smallest absolute Gasteiger partial charge is 0.221 e. The first-order valence-electron chi connectivity index (χ1n) is 9.36. The molecule has 2 aromatic carbocycles. The summed E-state index contributed by atoms with van der Waals surface area (Å²) in [5.74, 6) is 0.147. The number of hydrogen-bond donors (Lipinski definition) is 1. The zero-order valence-corrected chi connectivity index (χ0v) is 16.2. The largest absolute Gasteiger partial charge is 0.326 e. The normalized spacial score (nSPS) is 14.4. The van der Waals surface area contributed by atoms with Crippen LogP contribution in [0.1, 0.15) is 44.4 Å². The van der Waals surface area contributed by atoms with Gasteiger partial charge in [-0.1, -0.05) is 42.5 Å². The molecule has 0 bridgehead atoms. The van der Waals surface area contributed by atoms with Crippen molar-refractivity contribution in [2.75, 3.05) is 5.32 Å². The number of allylic oxidation sites excluding steroid dienone is 4. The van der Waals surface area contributed by atoms with E-state index in [1.165, 1.54) is 29.2 Å². The van der Waals surface area contributed by atoms with E-state index in [2.05, 4.69) is 61.6 Å². The van der Waals surface area contributed by atoms with Crippen molar-refractivity contribution in [3.05, 3.63) is 88.6 Å². The zero-order valence-electron chi connectivity index (χ0n) is 16.2. The number of amides is 1. The molecule has 0 radical (unpaired) electrons. The van der Waals surface area contributed by atoms with E-state index in [0.29, 0.717) is 0 Å². The van der Waals surface area contributed by atoms with Crippen LogP contribution >= 0.6 is 0 Å². The van der Waals surface area contributed by atoms with Crippen LogP contribution in [0.2, 0.25) is 0 Å². The van der Waals surface area contributed by atoms with Gasteiger partial charge in [0, 0.05) is 33.3 Å². The molecule has 0 aliphatic carbocycles. The molecule has 0 spiro atoms. The fourth-order valence-corrected chi connectivity index (χ4v) is 3.43. The third kappa shape index (κ3) is 4.82. The van der Waals surface area contributed by atoms with Gasteiger partial charge >= 0.3 is 0 Å². The Morgan fingerprint density at radius 3 is 2.70 bits per heavy atom. The Balaban J connectivity index is 0.00000210. The number of aryl methyl sites for hydroxylation is 1. The number of nitrogens with zero attached hydrogens (tertiary/aromatic N) is 1. The van der Waals surface area contributed by atoms with Crippen molar-refractivity contribution in [2.45, 2.75) is 39.5 Å². The molecule has 1 aliphatic heterocycles. The summed E-state index contributed by atoms with van der Waals surface area (Å²) >= 11 is 0. The van der Waals surface area contributed by atoms with Crippen LogP contribution in [0.3, 0.4) is 0 Å². The van der Waals surface area contributed by atoms with Crippen LogP contribution in [0.25, 0.3) is 0 Å². The van der Waals surface area contributed by atoms with Crippen LogP contribution in [-0.2, 0) is 11.2 Å². The molecular weight excluding hydrogens is 332 g/mol. The van der Waals surface area contributed by atoms with E-state index in [-0.39, 0.29) is 14.7 Å². The van der Waals surface area contributed by atoms with E-state index in [9.17, 15) is 4.79 Å². The average Bonchev–Trinajstić information content (AvgIpc) is 2.93. The highest BCUT2D eigenvalue weighted by molar-refractivity contribution is 5.88. The molecule has 1 unspecified atom stereocenters. The van der Waals surface area contributed by atoms with Gasteiger partial charge in [-0.05, 0) is 67.2 Å². The maximum atomic E-state index is 11.2. The highest BCUT2D eigenvalue weighted by Crippen LogP contribution is 2.33. The number of anilines is 1. The Morgan fingerprint density at radius 2 is 1.96 bits per heavy atom. The van der Waals surface area contributed by atoms with Crippen LogP contribution in [0.5, 0.6) is 0 Å². The molecule has 1 N–H and O–H groups in total. The summed E-state index contributed by atoms with van der Waals surface area (Å²) in [7, 11) is 0. The first kappa shape index (κ1) is 18.8. The molecule has 3 heteroatoms. The third-order valence-electron chi connectivity index (χ3n) is 5.00. The van der Waals surface area contributed by atoms with Crippen molar-refractivity contribution >= 4 is 17.8 Å². The lowest BCUT2D eigenvalue weighted by Crippen LogP contribution is -2.09. The van der Waals surface area contributed by atoms with Crippen molar-refractivity contribution < 1.29 is 7.65 Å². The predicted octanol–water partition coefficient (Wildman–Crippen LogP) is 5.99. The van der Waals surface area contributed by atoms with Crippen molar-refractivity contribution in [3.63, 3.8) is 0 Å². The molecule has 1 atom stereocenters. The lowest BCUT2D eigenvalue weighted by atomic mass is 9.85. The fourth-order valence-electron chi connectivity index (χ4n) is 3.43. The second-order valence-electron chi connectivity index (χ2n) is 6.99. The summed E-state index contributed by atoms with van der Waals surface area (Å²) in [6.07, 6.45) is 10.0. The maximum absolute atomic E-state index is 11.2. The lowest BCUT2D eigenvalue weighted by molar-refractivity contribution is -0.114. The molecule has 1 amide bonds. The van der Waals surface area contributed by atoms with E-state index in [0.717, 1.165) is 24.2 Å². The van der Waals surface area contributed by atoms with Gasteiger partial charge in [-0.25, -0.2) is 0 Å². The number of nitrogens with one attached hydrogen (secondary N) is 1. The van der Waals surface area contributed by atoms with Gasteiger partial charge in [0.15, 0.2) is 0 Å². The van der Waals surface area contributed by atoms with Gasteiger partial charge in [-0.15, -0.1) is 0 Å². The minimum absolute atomic E-state index is 0. The van der Waals surface area contributed by atoms with Gasteiger partial charge in [0.05, 0.1) is 0 Å². The molecule has 0 saturated carbocycles. The molecule has 0 aromatic heterocycles. The standard InChI is InChI=1S/C24H26N2O.2H2/c1-17-8-7-9-22(18(17)2)23(24-10-5-4-6-15-25-24)16-20-11-13-21(14-12-20)26-19(3)27;;/h4,6-15,23H,5,16H2,1-3H3,(H,26,27);2*1H. The van der Waals surface area contributed by atoms with E-state index < -0.39 is 0 Å². The highest BCUT2D eigenvalue weighted by Gasteiger charge is 2.20. The number of hydrogen-bond acceptors (Lipinski definition) is 2. The molecule has 0 fully saturated rings. The number of benzene rings is 2. The molecule has 2 aromatic rings. The van der Waals surface area contributed by atoms with Gasteiger partial charge in [-0.2, -0.15) is 0 Å². The molecule has 27 heavy (non-hydrogen) atoms. The quantitative estimate of drug-likeness (QED) is 0.697. The van der Waals surface area contributed by atoms with E-state index in [4.69, 9.17) is 4.99 Å². The first-order valence-corrected chi connectivity index (χ1v) is 9.36. The van der Waals surface area contributed by atoms with Gasteiger partial charge < -0.3 is 5.32 Å². The van der Waals surface area contributed by atoms with Crippen LogP contribution in [0.15, 0.2) is 71.4 Å². The Hall–Kier alpha value is -2.94. The summed E-state index contributed by atoms with van der Waals surface area (Å²) in [5, 5.41) is 2.82. The third-order valence-corrected chi connectivity index (χ3v) is 5.00. The van der Waals surface area contributed by atoms with Crippen molar-refractivity contribution in [1.82, 2.24) is 0 Å². The first-order chi connectivity index (χ1) is 13.0. The Bertz CT molecular complexity index is 915. The minimum Gasteiger partial charge on any atom is -0.326 e. The number of aliphatic imine (C=N–C) groups is 1. The van der Waals surface area contributed by atoms with E-state index in [1.807, 2.05) is 24.4 Å². The monoisotopic (exact) mass is 362 g/mol. The fraction of sp³-hybridized carbons (Fsp3) is 0.250. The second kappa shape index (κ2) is 8.63. The van der Waals surface area contributed by atoms with Crippen LogP contribution in [0.4, 0.5) is 5.69 Å². The summed E-state index contributed by atoms with van der Waals surface area (Å²) in [4.78, 5) is 15.9. The highest BCUT2D eigenvalue weighted by atomic mass is 16.1.